The van der Waals surface area contributed by atoms with Gasteiger partial charge in [0.1, 0.15) is 5.84 Å². The summed E-state index contributed by atoms with van der Waals surface area (Å²) in [5, 5.41) is 7.37. The number of hydrogen-bond acceptors (Lipinski definition) is 2. The minimum Gasteiger partial charge on any atom is -0.384 e. The molecule has 0 atom stereocenters. The van der Waals surface area contributed by atoms with Gasteiger partial charge in [-0.15, -0.1) is 12.4 Å². The molecule has 102 valence electrons. The van der Waals surface area contributed by atoms with Crippen molar-refractivity contribution in [2.24, 2.45) is 5.73 Å². The molecule has 0 amide bonds. The number of rotatable bonds is 3. The fourth-order valence-electron chi connectivity index (χ4n) is 2.12. The van der Waals surface area contributed by atoms with Gasteiger partial charge in [0, 0.05) is 12.1 Å². The van der Waals surface area contributed by atoms with Crippen LogP contribution >= 0.6 is 12.4 Å². The molecular weight excluding hydrogens is 272 g/mol. The first-order valence-corrected chi connectivity index (χ1v) is 6.07. The highest BCUT2D eigenvalue weighted by Crippen LogP contribution is 2.14. The molecule has 0 aliphatic heterocycles. The molecule has 4 nitrogen and oxygen atoms in total. The second-order valence-corrected chi connectivity index (χ2v) is 4.47. The van der Waals surface area contributed by atoms with Crippen molar-refractivity contribution < 1.29 is 0 Å². The molecule has 0 radical (unpaired) electrons. The van der Waals surface area contributed by atoms with Crippen LogP contribution in [0.4, 0.5) is 0 Å². The number of nitrogens with one attached hydrogen (secondary N) is 1. The molecule has 0 aliphatic rings. The molecule has 0 spiro atoms. The van der Waals surface area contributed by atoms with Crippen LogP contribution in [0.25, 0.3) is 11.0 Å². The third kappa shape index (κ3) is 2.65. The van der Waals surface area contributed by atoms with E-state index in [4.69, 9.17) is 11.1 Å². The number of fused-ring (bicyclic) bond motifs is 1. The van der Waals surface area contributed by atoms with Gasteiger partial charge in [-0.1, -0.05) is 36.4 Å². The van der Waals surface area contributed by atoms with E-state index in [1.807, 2.05) is 48.8 Å². The number of imidazole rings is 1. The minimum atomic E-state index is 0. The lowest BCUT2D eigenvalue weighted by Gasteiger charge is -2.05. The van der Waals surface area contributed by atoms with Crippen molar-refractivity contribution in [3.63, 3.8) is 0 Å². The second-order valence-electron chi connectivity index (χ2n) is 4.47. The van der Waals surface area contributed by atoms with Crippen molar-refractivity contribution in [1.82, 2.24) is 9.55 Å². The van der Waals surface area contributed by atoms with Gasteiger partial charge >= 0.3 is 0 Å². The first-order valence-electron chi connectivity index (χ1n) is 6.07. The molecule has 20 heavy (non-hydrogen) atoms. The molecule has 3 N–H and O–H groups in total. The Morgan fingerprint density at radius 2 is 1.80 bits per heavy atom. The van der Waals surface area contributed by atoms with E-state index in [0.717, 1.165) is 28.7 Å². The zero-order valence-electron chi connectivity index (χ0n) is 10.8. The van der Waals surface area contributed by atoms with E-state index in [0.29, 0.717) is 0 Å². The van der Waals surface area contributed by atoms with Crippen molar-refractivity contribution in [2.75, 3.05) is 0 Å². The number of halogens is 1. The van der Waals surface area contributed by atoms with Crippen molar-refractivity contribution in [3.05, 3.63) is 66.0 Å². The summed E-state index contributed by atoms with van der Waals surface area (Å²) >= 11 is 0. The number of nitrogens with two attached hydrogens (primary N) is 1. The van der Waals surface area contributed by atoms with Crippen LogP contribution in [-0.4, -0.2) is 15.4 Å². The Balaban J connectivity index is 0.00000147. The number of nitrogen functional groups attached to an aromatic ring is 1. The number of benzene rings is 2. The monoisotopic (exact) mass is 286 g/mol. The molecule has 0 unspecified atom stereocenters. The molecular formula is C15H15ClN4. The molecule has 3 aromatic rings. The molecule has 1 heterocycles. The van der Waals surface area contributed by atoms with E-state index >= 15 is 0 Å². The predicted octanol–water partition coefficient (Wildman–Crippen LogP) is 2.79. The maximum Gasteiger partial charge on any atom is 0.122 e. The first-order chi connectivity index (χ1) is 9.24. The Labute approximate surface area is 123 Å². The van der Waals surface area contributed by atoms with Crippen molar-refractivity contribution in [1.29, 1.82) is 5.41 Å². The fraction of sp³-hybridized carbons (Fsp3) is 0.0667. The lowest BCUT2D eigenvalue weighted by atomic mass is 10.1. The molecule has 0 saturated carbocycles. The summed E-state index contributed by atoms with van der Waals surface area (Å²) in [6, 6.07) is 15.8. The SMILES string of the molecule is Cl.N=C(N)c1ccc(Cn2cnc3ccccc32)cc1. The molecule has 0 fully saturated rings. The molecule has 0 aliphatic carbocycles. The van der Waals surface area contributed by atoms with E-state index in [1.54, 1.807) is 0 Å². The summed E-state index contributed by atoms with van der Waals surface area (Å²) in [6.07, 6.45) is 1.85. The summed E-state index contributed by atoms with van der Waals surface area (Å²) in [7, 11) is 0. The van der Waals surface area contributed by atoms with Gasteiger partial charge in [0.15, 0.2) is 0 Å². The number of nitrogens with zero attached hydrogens (tertiary/aromatic N) is 2. The number of amidine groups is 1. The highest BCUT2D eigenvalue weighted by atomic mass is 35.5. The predicted molar refractivity (Wildman–Crippen MR) is 83.5 cm³/mol. The number of hydrogen-bond donors (Lipinski definition) is 2. The van der Waals surface area contributed by atoms with Gasteiger partial charge < -0.3 is 10.3 Å². The van der Waals surface area contributed by atoms with E-state index in [9.17, 15) is 0 Å². The van der Waals surface area contributed by atoms with E-state index in [2.05, 4.69) is 15.6 Å². The minimum absolute atomic E-state index is 0. The van der Waals surface area contributed by atoms with E-state index in [-0.39, 0.29) is 18.2 Å². The van der Waals surface area contributed by atoms with Crippen LogP contribution in [-0.2, 0) is 6.54 Å². The third-order valence-corrected chi connectivity index (χ3v) is 3.15. The normalized spacial score (nSPS) is 10.2. The van der Waals surface area contributed by atoms with Crippen molar-refractivity contribution in [3.8, 4) is 0 Å². The van der Waals surface area contributed by atoms with E-state index < -0.39 is 0 Å². The fourth-order valence-corrected chi connectivity index (χ4v) is 2.12. The van der Waals surface area contributed by atoms with Gasteiger partial charge in [0.05, 0.1) is 17.4 Å². The molecule has 0 saturated heterocycles. The van der Waals surface area contributed by atoms with Crippen LogP contribution in [0.3, 0.4) is 0 Å². The number of aromatic nitrogens is 2. The maximum atomic E-state index is 7.37. The van der Waals surface area contributed by atoms with Gasteiger partial charge in [-0.2, -0.15) is 0 Å². The summed E-state index contributed by atoms with van der Waals surface area (Å²) in [6.45, 7) is 0.763. The zero-order valence-corrected chi connectivity index (χ0v) is 11.6. The molecule has 1 aromatic heterocycles. The van der Waals surface area contributed by atoms with Crippen molar-refractivity contribution in [2.45, 2.75) is 6.54 Å². The van der Waals surface area contributed by atoms with Gasteiger partial charge in [-0.3, -0.25) is 5.41 Å². The standard InChI is InChI=1S/C15H14N4.ClH/c16-15(17)12-7-5-11(6-8-12)9-19-10-18-13-3-1-2-4-14(13)19;/h1-8,10H,9H2,(H3,16,17);1H. The van der Waals surface area contributed by atoms with Crippen LogP contribution in [0.1, 0.15) is 11.1 Å². The number of para-hydroxylation sites is 2. The smallest absolute Gasteiger partial charge is 0.122 e. The Bertz CT molecular complexity index is 731. The largest absolute Gasteiger partial charge is 0.384 e. The quantitative estimate of drug-likeness (QED) is 0.574. The summed E-state index contributed by atoms with van der Waals surface area (Å²) in [5.41, 5.74) is 9.48. The summed E-state index contributed by atoms with van der Waals surface area (Å²) < 4.78 is 2.11. The first kappa shape index (κ1) is 14.1. The molecule has 5 heteroatoms. The average Bonchev–Trinajstić information content (AvgIpc) is 2.83. The second kappa shape index (κ2) is 5.75. The van der Waals surface area contributed by atoms with Gasteiger partial charge in [0.25, 0.3) is 0 Å². The lowest BCUT2D eigenvalue weighted by Crippen LogP contribution is -2.10. The van der Waals surface area contributed by atoms with Gasteiger partial charge in [-0.25, -0.2) is 4.98 Å². The average molecular weight is 287 g/mol. The van der Waals surface area contributed by atoms with Crippen molar-refractivity contribution >= 4 is 29.3 Å². The summed E-state index contributed by atoms with van der Waals surface area (Å²) in [5.74, 6) is 0.0969. The van der Waals surface area contributed by atoms with Crippen LogP contribution in [0.2, 0.25) is 0 Å². The Morgan fingerprint density at radius 3 is 2.50 bits per heavy atom. The zero-order chi connectivity index (χ0) is 13.2. The molecule has 3 rings (SSSR count). The van der Waals surface area contributed by atoms with Crippen LogP contribution in [0.5, 0.6) is 0 Å². The topological polar surface area (TPSA) is 67.7 Å². The highest BCUT2D eigenvalue weighted by molar-refractivity contribution is 5.94. The third-order valence-electron chi connectivity index (χ3n) is 3.15. The van der Waals surface area contributed by atoms with E-state index in [1.165, 1.54) is 0 Å². The van der Waals surface area contributed by atoms with Gasteiger partial charge in [-0.05, 0) is 17.7 Å². The molecule has 0 bridgehead atoms. The molecule has 2 aromatic carbocycles. The van der Waals surface area contributed by atoms with Crippen LogP contribution in [0.15, 0.2) is 54.9 Å². The Morgan fingerprint density at radius 1 is 1.10 bits per heavy atom. The Hall–Kier alpha value is -2.33. The van der Waals surface area contributed by atoms with Crippen LogP contribution in [0, 0.1) is 5.41 Å². The van der Waals surface area contributed by atoms with Gasteiger partial charge in [0.2, 0.25) is 0 Å². The maximum absolute atomic E-state index is 7.37. The highest BCUT2D eigenvalue weighted by Gasteiger charge is 2.03. The lowest BCUT2D eigenvalue weighted by molar-refractivity contribution is 0.824. The van der Waals surface area contributed by atoms with Crippen LogP contribution < -0.4 is 5.73 Å². The summed E-state index contributed by atoms with van der Waals surface area (Å²) in [4.78, 5) is 4.37. The Kier molecular flexibility index (Phi) is 4.05.